The van der Waals surface area contributed by atoms with Crippen LogP contribution in [0.3, 0.4) is 0 Å². The number of carbonyl (C=O) groups is 2. The van der Waals surface area contributed by atoms with Gasteiger partial charge in [0.2, 0.25) is 17.6 Å². The van der Waals surface area contributed by atoms with Gasteiger partial charge >= 0.3 is 0 Å². The monoisotopic (exact) mass is 334 g/mol. The van der Waals surface area contributed by atoms with Gasteiger partial charge < -0.3 is 10.2 Å². The molecule has 0 bridgehead atoms. The fourth-order valence-electron chi connectivity index (χ4n) is 2.05. The molecule has 128 valence electrons. The number of aromatic nitrogens is 4. The summed E-state index contributed by atoms with van der Waals surface area (Å²) >= 11 is 0. The number of tetrazole rings is 1. The number of benzene rings is 1. The van der Waals surface area contributed by atoms with E-state index in [0.717, 1.165) is 4.80 Å². The van der Waals surface area contributed by atoms with E-state index in [1.165, 1.54) is 29.2 Å². The number of rotatable bonds is 7. The van der Waals surface area contributed by atoms with E-state index in [9.17, 15) is 14.0 Å². The van der Waals surface area contributed by atoms with E-state index in [2.05, 4.69) is 20.7 Å². The second-order valence-electron chi connectivity index (χ2n) is 5.01. The van der Waals surface area contributed by atoms with Crippen LogP contribution in [0.15, 0.2) is 24.3 Å². The summed E-state index contributed by atoms with van der Waals surface area (Å²) in [6.45, 7) is 4.37. The second kappa shape index (κ2) is 8.14. The molecule has 8 nitrogen and oxygen atoms in total. The lowest BCUT2D eigenvalue weighted by Gasteiger charge is -2.19. The van der Waals surface area contributed by atoms with Crippen molar-refractivity contribution < 1.29 is 14.0 Å². The molecule has 9 heteroatoms. The highest BCUT2D eigenvalue weighted by Gasteiger charge is 2.17. The molecule has 0 saturated heterocycles. The Bertz CT molecular complexity index is 700. The molecule has 24 heavy (non-hydrogen) atoms. The molecular weight excluding hydrogens is 315 g/mol. The third-order valence-electron chi connectivity index (χ3n) is 3.27. The Kier molecular flexibility index (Phi) is 5.94. The van der Waals surface area contributed by atoms with Crippen molar-refractivity contribution in [1.29, 1.82) is 0 Å². The lowest BCUT2D eigenvalue weighted by molar-refractivity contribution is -0.136. The molecule has 2 aromatic rings. The summed E-state index contributed by atoms with van der Waals surface area (Å²) in [5, 5.41) is 14.4. The maximum Gasteiger partial charge on any atom is 0.246 e. The molecule has 0 saturated carbocycles. The predicted octanol–water partition coefficient (Wildman–Crippen LogP) is 0.464. The normalized spacial score (nSPS) is 10.5. The number of amides is 2. The first-order chi connectivity index (χ1) is 11.5. The zero-order valence-corrected chi connectivity index (χ0v) is 13.6. The number of carbonyl (C=O) groups excluding carboxylic acids is 2. The maximum atomic E-state index is 12.9. The zero-order valence-electron chi connectivity index (χ0n) is 13.6. The van der Waals surface area contributed by atoms with Crippen LogP contribution in [-0.2, 0) is 16.1 Å². The third-order valence-corrected chi connectivity index (χ3v) is 3.27. The Morgan fingerprint density at radius 3 is 2.58 bits per heavy atom. The Labute approximate surface area is 138 Å². The largest absolute Gasteiger partial charge is 0.355 e. The Morgan fingerprint density at radius 2 is 1.96 bits per heavy atom. The van der Waals surface area contributed by atoms with E-state index < -0.39 is 0 Å². The fourth-order valence-corrected chi connectivity index (χ4v) is 2.05. The third kappa shape index (κ3) is 4.58. The van der Waals surface area contributed by atoms with Gasteiger partial charge in [0.15, 0.2) is 0 Å². The number of hydrogen-bond donors (Lipinski definition) is 1. The zero-order chi connectivity index (χ0) is 17.5. The quantitative estimate of drug-likeness (QED) is 0.794. The van der Waals surface area contributed by atoms with Gasteiger partial charge in [-0.15, -0.1) is 10.2 Å². The van der Waals surface area contributed by atoms with Crippen molar-refractivity contribution in [1.82, 2.24) is 30.4 Å². The highest BCUT2D eigenvalue weighted by atomic mass is 19.1. The van der Waals surface area contributed by atoms with Crippen molar-refractivity contribution in [2.24, 2.45) is 0 Å². The lowest BCUT2D eigenvalue weighted by Crippen LogP contribution is -2.42. The molecule has 2 amide bonds. The highest BCUT2D eigenvalue weighted by molar-refractivity contribution is 5.84. The SMILES string of the molecule is CCNC(=O)CN(CC)C(=O)Cn1nnc(-c2ccc(F)cc2)n1. The summed E-state index contributed by atoms with van der Waals surface area (Å²) in [7, 11) is 0. The molecule has 0 aliphatic heterocycles. The minimum atomic E-state index is -0.356. The van der Waals surface area contributed by atoms with Gasteiger partial charge in [0.1, 0.15) is 12.4 Å². The van der Waals surface area contributed by atoms with Crippen LogP contribution in [0.25, 0.3) is 11.4 Å². The first-order valence-corrected chi connectivity index (χ1v) is 7.61. The van der Waals surface area contributed by atoms with Gasteiger partial charge in [-0.25, -0.2) is 4.39 Å². The van der Waals surface area contributed by atoms with E-state index in [4.69, 9.17) is 0 Å². The number of hydrogen-bond acceptors (Lipinski definition) is 5. The molecule has 1 aromatic carbocycles. The van der Waals surface area contributed by atoms with Gasteiger partial charge in [0.05, 0.1) is 6.54 Å². The predicted molar refractivity (Wildman–Crippen MR) is 84.1 cm³/mol. The highest BCUT2D eigenvalue weighted by Crippen LogP contribution is 2.13. The van der Waals surface area contributed by atoms with E-state index in [0.29, 0.717) is 24.5 Å². The molecular formula is C15H19FN6O2. The van der Waals surface area contributed by atoms with Crippen molar-refractivity contribution in [2.75, 3.05) is 19.6 Å². The van der Waals surface area contributed by atoms with Crippen LogP contribution in [0, 0.1) is 5.82 Å². The van der Waals surface area contributed by atoms with E-state index in [-0.39, 0.29) is 30.7 Å². The van der Waals surface area contributed by atoms with Crippen LogP contribution < -0.4 is 5.32 Å². The molecule has 0 unspecified atom stereocenters. The number of nitrogens with zero attached hydrogens (tertiary/aromatic N) is 5. The molecule has 0 radical (unpaired) electrons. The first kappa shape index (κ1) is 17.5. The Morgan fingerprint density at radius 1 is 1.25 bits per heavy atom. The molecule has 0 aliphatic rings. The van der Waals surface area contributed by atoms with Crippen LogP contribution in [0.4, 0.5) is 4.39 Å². The minimum absolute atomic E-state index is 0.0112. The van der Waals surface area contributed by atoms with Crippen molar-refractivity contribution in [3.05, 3.63) is 30.1 Å². The Balaban J connectivity index is 2.01. The van der Waals surface area contributed by atoms with Crippen LogP contribution >= 0.6 is 0 Å². The molecule has 2 rings (SSSR count). The maximum absolute atomic E-state index is 12.9. The van der Waals surface area contributed by atoms with Gasteiger partial charge in [0.25, 0.3) is 0 Å². The molecule has 1 N–H and O–H groups in total. The summed E-state index contributed by atoms with van der Waals surface area (Å²) < 4.78 is 12.9. The van der Waals surface area contributed by atoms with Gasteiger partial charge in [0, 0.05) is 18.7 Å². The lowest BCUT2D eigenvalue weighted by atomic mass is 10.2. The molecule has 0 fully saturated rings. The molecule has 1 aromatic heterocycles. The van der Waals surface area contributed by atoms with Crippen LogP contribution in [0.1, 0.15) is 13.8 Å². The van der Waals surface area contributed by atoms with E-state index >= 15 is 0 Å². The number of likely N-dealkylation sites (N-methyl/N-ethyl adjacent to an activating group) is 2. The molecule has 0 spiro atoms. The first-order valence-electron chi connectivity index (χ1n) is 7.61. The van der Waals surface area contributed by atoms with Gasteiger partial charge in [-0.2, -0.15) is 4.80 Å². The van der Waals surface area contributed by atoms with E-state index in [1.54, 1.807) is 6.92 Å². The Hall–Kier alpha value is -2.84. The topological polar surface area (TPSA) is 93.0 Å². The summed E-state index contributed by atoms with van der Waals surface area (Å²) in [5.41, 5.74) is 0.602. The molecule has 1 heterocycles. The molecule has 0 atom stereocenters. The minimum Gasteiger partial charge on any atom is -0.355 e. The van der Waals surface area contributed by atoms with Crippen molar-refractivity contribution in [2.45, 2.75) is 20.4 Å². The smallest absolute Gasteiger partial charge is 0.246 e. The summed E-state index contributed by atoms with van der Waals surface area (Å²) in [4.78, 5) is 26.4. The van der Waals surface area contributed by atoms with Gasteiger partial charge in [-0.05, 0) is 43.3 Å². The standard InChI is InChI=1S/C15H19FN6O2/c1-3-17-13(23)9-21(4-2)14(24)10-22-19-15(18-20-22)11-5-7-12(16)8-6-11/h5-8H,3-4,9-10H2,1-2H3,(H,17,23). The number of nitrogens with one attached hydrogen (secondary N) is 1. The van der Waals surface area contributed by atoms with Crippen LogP contribution in [0.5, 0.6) is 0 Å². The average molecular weight is 334 g/mol. The van der Waals surface area contributed by atoms with Crippen molar-refractivity contribution >= 4 is 11.8 Å². The van der Waals surface area contributed by atoms with Crippen molar-refractivity contribution in [3.8, 4) is 11.4 Å². The van der Waals surface area contributed by atoms with Crippen LogP contribution in [0.2, 0.25) is 0 Å². The van der Waals surface area contributed by atoms with Gasteiger partial charge in [-0.3, -0.25) is 9.59 Å². The second-order valence-corrected chi connectivity index (χ2v) is 5.01. The van der Waals surface area contributed by atoms with Gasteiger partial charge in [-0.1, -0.05) is 0 Å². The fraction of sp³-hybridized carbons (Fsp3) is 0.400. The average Bonchev–Trinajstić information content (AvgIpc) is 3.02. The summed E-state index contributed by atoms with van der Waals surface area (Å²) in [5.74, 6) is -0.558. The molecule has 0 aliphatic carbocycles. The summed E-state index contributed by atoms with van der Waals surface area (Å²) in [6, 6.07) is 5.66. The van der Waals surface area contributed by atoms with Crippen LogP contribution in [-0.4, -0.2) is 56.6 Å². The van der Waals surface area contributed by atoms with Crippen molar-refractivity contribution in [3.63, 3.8) is 0 Å². The summed E-state index contributed by atoms with van der Waals surface area (Å²) in [6.07, 6.45) is 0. The van der Waals surface area contributed by atoms with E-state index in [1.807, 2.05) is 6.92 Å². The number of halogens is 1.